The van der Waals surface area contributed by atoms with Gasteiger partial charge in [-0.2, -0.15) is 0 Å². The molecule has 9 nitrogen and oxygen atoms in total. The van der Waals surface area contributed by atoms with Crippen LogP contribution in [0.2, 0.25) is 0 Å². The highest BCUT2D eigenvalue weighted by Gasteiger charge is 2.29. The summed E-state index contributed by atoms with van der Waals surface area (Å²) in [6.45, 7) is 4.27. The highest BCUT2D eigenvalue weighted by atomic mass is 16.6. The average Bonchev–Trinajstić information content (AvgIpc) is 3.56. The first kappa shape index (κ1) is 26.2. The molecule has 196 valence electrons. The summed E-state index contributed by atoms with van der Waals surface area (Å²) in [5.41, 5.74) is 9.81. The molecule has 0 unspecified atom stereocenters. The molecule has 3 aromatic rings. The molecule has 0 atom stereocenters. The minimum atomic E-state index is -0.441. The van der Waals surface area contributed by atoms with Crippen LogP contribution in [0.3, 0.4) is 0 Å². The van der Waals surface area contributed by atoms with Gasteiger partial charge in [-0.05, 0) is 50.8 Å². The molecule has 4 N–H and O–H groups in total. The summed E-state index contributed by atoms with van der Waals surface area (Å²) in [7, 11) is 0. The number of aryl methyl sites for hydroxylation is 3. The van der Waals surface area contributed by atoms with Crippen molar-refractivity contribution in [1.82, 2.24) is 14.9 Å². The fraction of sp³-hybridized carbons (Fsp3) is 0.429. The Bertz CT molecular complexity index is 1260. The molecule has 1 fully saturated rings. The zero-order valence-electron chi connectivity index (χ0n) is 21.5. The number of benzene rings is 2. The summed E-state index contributed by atoms with van der Waals surface area (Å²) < 4.78 is 10.9. The van der Waals surface area contributed by atoms with Crippen molar-refractivity contribution in [3.05, 3.63) is 58.9 Å². The molecule has 1 aliphatic rings. The van der Waals surface area contributed by atoms with Crippen LogP contribution in [-0.4, -0.2) is 52.0 Å². The molecule has 1 amide bonds. The number of H-pyrrole nitrogens is 1. The topological polar surface area (TPSA) is 134 Å². The van der Waals surface area contributed by atoms with Crippen molar-refractivity contribution < 1.29 is 19.1 Å². The highest BCUT2D eigenvalue weighted by Crippen LogP contribution is 2.29. The van der Waals surface area contributed by atoms with Crippen LogP contribution in [-0.2, 0) is 22.4 Å². The standard InChI is InChI=1S/C28H35N5O4/c1-3-36-25(34)16-17-33(21-6-4-5-7-21)28(35)37-23-14-13-22-26(18(23)2)32-24(31-22)15-10-19-8-11-20(12-9-19)27(29)30/h8-9,11-14,21H,3-7,10,15-17H2,1-2H3,(H3,29,30)(H,31,32). The summed E-state index contributed by atoms with van der Waals surface area (Å²) in [6.07, 6.45) is 5.17. The number of esters is 1. The number of amides is 1. The number of hydrogen-bond donors (Lipinski definition) is 3. The molecule has 0 radical (unpaired) electrons. The molecule has 9 heteroatoms. The van der Waals surface area contributed by atoms with Gasteiger partial charge in [0.1, 0.15) is 17.4 Å². The maximum atomic E-state index is 13.2. The van der Waals surface area contributed by atoms with Crippen molar-refractivity contribution in [2.24, 2.45) is 5.73 Å². The van der Waals surface area contributed by atoms with Gasteiger partial charge in [-0.25, -0.2) is 9.78 Å². The van der Waals surface area contributed by atoms with Crippen LogP contribution in [0.15, 0.2) is 36.4 Å². The quantitative estimate of drug-likeness (QED) is 0.209. The van der Waals surface area contributed by atoms with E-state index in [1.54, 1.807) is 17.9 Å². The maximum Gasteiger partial charge on any atom is 0.415 e. The van der Waals surface area contributed by atoms with Crippen LogP contribution in [0.25, 0.3) is 11.0 Å². The van der Waals surface area contributed by atoms with E-state index in [1.165, 1.54) is 0 Å². The summed E-state index contributed by atoms with van der Waals surface area (Å²) in [5, 5.41) is 7.51. The van der Waals surface area contributed by atoms with E-state index >= 15 is 0 Å². The van der Waals surface area contributed by atoms with Gasteiger partial charge in [0.25, 0.3) is 0 Å². The second kappa shape index (κ2) is 11.9. The van der Waals surface area contributed by atoms with Crippen LogP contribution in [0.4, 0.5) is 4.79 Å². The molecule has 1 heterocycles. The van der Waals surface area contributed by atoms with E-state index in [9.17, 15) is 9.59 Å². The zero-order chi connectivity index (χ0) is 26.4. The lowest BCUT2D eigenvalue weighted by Gasteiger charge is -2.28. The van der Waals surface area contributed by atoms with E-state index < -0.39 is 6.09 Å². The number of nitrogens with two attached hydrogens (primary N) is 1. The first-order chi connectivity index (χ1) is 17.9. The Kier molecular flexibility index (Phi) is 8.43. The number of hydrogen-bond acceptors (Lipinski definition) is 6. The molecule has 0 bridgehead atoms. The van der Waals surface area contributed by atoms with Crippen molar-refractivity contribution in [2.75, 3.05) is 13.2 Å². The number of carbonyl (C=O) groups is 2. The van der Waals surface area contributed by atoms with Gasteiger partial charge < -0.3 is 25.1 Å². The minimum Gasteiger partial charge on any atom is -0.466 e. The molecule has 1 aliphatic carbocycles. The molecule has 37 heavy (non-hydrogen) atoms. The summed E-state index contributed by atoms with van der Waals surface area (Å²) >= 11 is 0. The van der Waals surface area contributed by atoms with E-state index in [0.29, 0.717) is 24.3 Å². The number of rotatable bonds is 10. The maximum absolute atomic E-state index is 13.2. The van der Waals surface area contributed by atoms with Crippen molar-refractivity contribution >= 4 is 28.9 Å². The molecule has 2 aromatic carbocycles. The fourth-order valence-corrected chi connectivity index (χ4v) is 4.82. The summed E-state index contributed by atoms with van der Waals surface area (Å²) in [6, 6.07) is 11.4. The minimum absolute atomic E-state index is 0.0566. The van der Waals surface area contributed by atoms with Gasteiger partial charge in [-0.15, -0.1) is 0 Å². The predicted octanol–water partition coefficient (Wildman–Crippen LogP) is 4.64. The highest BCUT2D eigenvalue weighted by molar-refractivity contribution is 5.94. The number of nitrogen functional groups attached to an aromatic ring is 1. The third-order valence-electron chi connectivity index (χ3n) is 6.88. The first-order valence-electron chi connectivity index (χ1n) is 12.9. The molecule has 0 saturated heterocycles. The normalized spacial score (nSPS) is 13.6. The number of nitrogens with one attached hydrogen (secondary N) is 2. The number of aromatic nitrogens is 2. The fourth-order valence-electron chi connectivity index (χ4n) is 4.82. The largest absolute Gasteiger partial charge is 0.466 e. The van der Waals surface area contributed by atoms with Gasteiger partial charge in [0.15, 0.2) is 0 Å². The molecule has 1 aromatic heterocycles. The van der Waals surface area contributed by atoms with E-state index in [2.05, 4.69) is 4.98 Å². The van der Waals surface area contributed by atoms with Gasteiger partial charge in [-0.3, -0.25) is 10.2 Å². The Morgan fingerprint density at radius 3 is 2.54 bits per heavy atom. The lowest BCUT2D eigenvalue weighted by Crippen LogP contribution is -2.42. The second-order valence-electron chi connectivity index (χ2n) is 9.43. The van der Waals surface area contributed by atoms with E-state index in [4.69, 9.17) is 25.6 Å². The van der Waals surface area contributed by atoms with Crippen LogP contribution in [0, 0.1) is 12.3 Å². The third-order valence-corrected chi connectivity index (χ3v) is 6.88. The third kappa shape index (κ3) is 6.47. The number of amidine groups is 1. The van der Waals surface area contributed by atoms with Gasteiger partial charge in [-0.1, -0.05) is 37.1 Å². The lowest BCUT2D eigenvalue weighted by molar-refractivity contribution is -0.143. The Morgan fingerprint density at radius 1 is 1.14 bits per heavy atom. The number of nitrogens with zero attached hydrogens (tertiary/aromatic N) is 2. The molecule has 0 spiro atoms. The SMILES string of the molecule is CCOC(=O)CCN(C(=O)Oc1ccc2[nH]c(CCc3ccc(C(=N)N)cc3)nc2c1C)C1CCCC1. The van der Waals surface area contributed by atoms with Gasteiger partial charge in [0.05, 0.1) is 24.1 Å². The average molecular weight is 506 g/mol. The first-order valence-corrected chi connectivity index (χ1v) is 12.9. The summed E-state index contributed by atoms with van der Waals surface area (Å²) in [5.74, 6) is 1.06. The van der Waals surface area contributed by atoms with Crippen molar-refractivity contribution in [3.8, 4) is 5.75 Å². The molecular formula is C28H35N5O4. The van der Waals surface area contributed by atoms with Crippen LogP contribution >= 0.6 is 0 Å². The van der Waals surface area contributed by atoms with Gasteiger partial charge in [0.2, 0.25) is 0 Å². The second-order valence-corrected chi connectivity index (χ2v) is 9.43. The van der Waals surface area contributed by atoms with Crippen LogP contribution in [0.5, 0.6) is 5.75 Å². The molecule has 4 rings (SSSR count). The monoisotopic (exact) mass is 505 g/mol. The number of carbonyl (C=O) groups excluding carboxylic acids is 2. The lowest BCUT2D eigenvalue weighted by atomic mass is 10.1. The molecule has 1 saturated carbocycles. The number of aromatic amines is 1. The number of ether oxygens (including phenoxy) is 2. The van der Waals surface area contributed by atoms with Crippen LogP contribution in [0.1, 0.15) is 61.5 Å². The van der Waals surface area contributed by atoms with E-state index in [-0.39, 0.29) is 30.8 Å². The zero-order valence-corrected chi connectivity index (χ0v) is 21.5. The van der Waals surface area contributed by atoms with E-state index in [0.717, 1.165) is 60.1 Å². The Balaban J connectivity index is 1.44. The smallest absolute Gasteiger partial charge is 0.415 e. The number of imidazole rings is 1. The van der Waals surface area contributed by atoms with E-state index in [1.807, 2.05) is 37.3 Å². The Morgan fingerprint density at radius 2 is 1.86 bits per heavy atom. The van der Waals surface area contributed by atoms with Gasteiger partial charge >= 0.3 is 12.1 Å². The molecular weight excluding hydrogens is 470 g/mol. The Hall–Kier alpha value is -3.88. The number of fused-ring (bicyclic) bond motifs is 1. The summed E-state index contributed by atoms with van der Waals surface area (Å²) in [4.78, 5) is 34.9. The van der Waals surface area contributed by atoms with Crippen molar-refractivity contribution in [2.45, 2.75) is 64.8 Å². The van der Waals surface area contributed by atoms with Gasteiger partial charge in [0, 0.05) is 30.1 Å². The van der Waals surface area contributed by atoms with Crippen molar-refractivity contribution in [3.63, 3.8) is 0 Å². The van der Waals surface area contributed by atoms with Crippen LogP contribution < -0.4 is 10.5 Å². The Labute approximate surface area is 216 Å². The molecule has 0 aliphatic heterocycles. The van der Waals surface area contributed by atoms with Crippen molar-refractivity contribution in [1.29, 1.82) is 5.41 Å². The predicted molar refractivity (Wildman–Crippen MR) is 142 cm³/mol.